The summed E-state index contributed by atoms with van der Waals surface area (Å²) in [4.78, 5) is 10.4. The van der Waals surface area contributed by atoms with Gasteiger partial charge in [0.15, 0.2) is 6.19 Å². The fourth-order valence-corrected chi connectivity index (χ4v) is 2.02. The van der Waals surface area contributed by atoms with Crippen molar-refractivity contribution in [3.05, 3.63) is 12.4 Å². The Hall–Kier alpha value is -1.87. The maximum atomic E-state index is 8.49. The molecule has 0 bridgehead atoms. The summed E-state index contributed by atoms with van der Waals surface area (Å²) in [5, 5.41) is 14.3. The summed E-state index contributed by atoms with van der Waals surface area (Å²) in [6.45, 7) is 3.20. The molecular weight excluding hydrogens is 216 g/mol. The number of aromatic nitrogens is 2. The Morgan fingerprint density at radius 1 is 1.53 bits per heavy atom. The summed E-state index contributed by atoms with van der Waals surface area (Å²) in [7, 11) is 2.14. The molecule has 1 aliphatic heterocycles. The Kier molecular flexibility index (Phi) is 3.73. The predicted octanol–water partition coefficient (Wildman–Crippen LogP) is 0.733. The minimum atomic E-state index is 0.522. The zero-order valence-corrected chi connectivity index (χ0v) is 9.85. The Bertz CT molecular complexity index is 413. The maximum Gasteiger partial charge on any atom is 0.182 e. The van der Waals surface area contributed by atoms with Crippen LogP contribution in [0.3, 0.4) is 0 Å². The molecule has 1 aromatic heterocycles. The van der Waals surface area contributed by atoms with Crippen molar-refractivity contribution in [2.24, 2.45) is 5.92 Å². The van der Waals surface area contributed by atoms with Gasteiger partial charge in [0.25, 0.3) is 0 Å². The van der Waals surface area contributed by atoms with Gasteiger partial charge in [-0.1, -0.05) is 0 Å². The van der Waals surface area contributed by atoms with Crippen molar-refractivity contribution in [2.75, 3.05) is 37.3 Å². The van der Waals surface area contributed by atoms with E-state index >= 15 is 0 Å². The number of hydrogen-bond acceptors (Lipinski definition) is 6. The number of rotatable bonds is 4. The van der Waals surface area contributed by atoms with Crippen molar-refractivity contribution in [1.29, 1.82) is 5.26 Å². The molecule has 17 heavy (non-hydrogen) atoms. The van der Waals surface area contributed by atoms with Gasteiger partial charge in [-0.05, 0) is 25.9 Å². The van der Waals surface area contributed by atoms with Crippen LogP contribution in [0, 0.1) is 17.4 Å². The average molecular weight is 232 g/mol. The van der Waals surface area contributed by atoms with E-state index in [1.165, 1.54) is 12.7 Å². The third kappa shape index (κ3) is 3.29. The van der Waals surface area contributed by atoms with E-state index in [4.69, 9.17) is 5.26 Å². The number of likely N-dealkylation sites (tertiary alicyclic amines) is 1. The van der Waals surface area contributed by atoms with Gasteiger partial charge in [0.2, 0.25) is 0 Å². The second-order valence-corrected chi connectivity index (χ2v) is 4.32. The highest BCUT2D eigenvalue weighted by molar-refractivity contribution is 5.48. The molecule has 1 saturated heterocycles. The van der Waals surface area contributed by atoms with Gasteiger partial charge in [-0.3, -0.25) is 5.32 Å². The number of nitrogens with zero attached hydrogens (tertiary/aromatic N) is 4. The minimum Gasteiger partial charge on any atom is -0.370 e. The van der Waals surface area contributed by atoms with E-state index in [-0.39, 0.29) is 0 Å². The van der Waals surface area contributed by atoms with E-state index in [1.54, 1.807) is 6.07 Å². The van der Waals surface area contributed by atoms with Gasteiger partial charge < -0.3 is 10.2 Å². The fourth-order valence-electron chi connectivity index (χ4n) is 2.02. The molecule has 2 N–H and O–H groups in total. The first-order valence-corrected chi connectivity index (χ1v) is 5.67. The molecule has 0 radical (unpaired) electrons. The van der Waals surface area contributed by atoms with E-state index in [1.807, 2.05) is 6.19 Å². The third-order valence-corrected chi connectivity index (χ3v) is 2.91. The van der Waals surface area contributed by atoms with Crippen LogP contribution in [0.25, 0.3) is 0 Å². The first-order valence-electron chi connectivity index (χ1n) is 5.67. The Morgan fingerprint density at radius 3 is 3.06 bits per heavy atom. The van der Waals surface area contributed by atoms with Crippen molar-refractivity contribution in [3.63, 3.8) is 0 Å². The molecule has 1 unspecified atom stereocenters. The van der Waals surface area contributed by atoms with Gasteiger partial charge in [0.1, 0.15) is 18.0 Å². The second-order valence-electron chi connectivity index (χ2n) is 4.32. The lowest BCUT2D eigenvalue weighted by Gasteiger charge is -2.12. The lowest BCUT2D eigenvalue weighted by molar-refractivity contribution is 0.399. The smallest absolute Gasteiger partial charge is 0.182 e. The van der Waals surface area contributed by atoms with E-state index in [9.17, 15) is 0 Å². The Balaban J connectivity index is 1.86. The second kappa shape index (κ2) is 5.46. The van der Waals surface area contributed by atoms with E-state index in [0.717, 1.165) is 25.5 Å². The van der Waals surface area contributed by atoms with Gasteiger partial charge >= 0.3 is 0 Å². The predicted molar refractivity (Wildman–Crippen MR) is 65.4 cm³/mol. The van der Waals surface area contributed by atoms with Crippen LogP contribution in [0.5, 0.6) is 0 Å². The zero-order chi connectivity index (χ0) is 12.1. The van der Waals surface area contributed by atoms with Crippen LogP contribution in [0.2, 0.25) is 0 Å². The molecule has 1 fully saturated rings. The van der Waals surface area contributed by atoms with Crippen molar-refractivity contribution >= 4 is 11.6 Å². The molecule has 0 saturated carbocycles. The first kappa shape index (κ1) is 11.6. The average Bonchev–Trinajstić information content (AvgIpc) is 2.74. The molecule has 1 aromatic rings. The van der Waals surface area contributed by atoms with Crippen LogP contribution in [0.1, 0.15) is 6.42 Å². The summed E-state index contributed by atoms with van der Waals surface area (Å²) in [6, 6.07) is 1.74. The van der Waals surface area contributed by atoms with Crippen molar-refractivity contribution in [2.45, 2.75) is 6.42 Å². The van der Waals surface area contributed by atoms with Gasteiger partial charge in [-0.2, -0.15) is 5.26 Å². The molecule has 2 heterocycles. The lowest BCUT2D eigenvalue weighted by Crippen LogP contribution is -2.19. The topological polar surface area (TPSA) is 76.9 Å². The largest absolute Gasteiger partial charge is 0.370 e. The Morgan fingerprint density at radius 2 is 2.35 bits per heavy atom. The van der Waals surface area contributed by atoms with E-state index in [2.05, 4.69) is 32.5 Å². The number of anilines is 2. The van der Waals surface area contributed by atoms with Crippen molar-refractivity contribution in [1.82, 2.24) is 14.9 Å². The Labute approximate surface area is 101 Å². The standard InChI is InChI=1S/C11H16N6/c1-17-3-2-9(6-17)5-13-10-4-11(14-7-12)16-8-15-10/h4,8-9H,2-3,5-6H2,1H3,(H2,13,14,15,16). The van der Waals surface area contributed by atoms with Crippen molar-refractivity contribution < 1.29 is 0 Å². The quantitative estimate of drug-likeness (QED) is 0.589. The molecule has 0 aromatic carbocycles. The fraction of sp³-hybridized carbons (Fsp3) is 0.545. The van der Waals surface area contributed by atoms with Gasteiger partial charge in [0.05, 0.1) is 0 Å². The van der Waals surface area contributed by atoms with Crippen LogP contribution >= 0.6 is 0 Å². The van der Waals surface area contributed by atoms with Crippen LogP contribution in [0.4, 0.5) is 11.6 Å². The molecule has 0 amide bonds. The number of nitriles is 1. The van der Waals surface area contributed by atoms with Crippen LogP contribution in [0.15, 0.2) is 12.4 Å². The minimum absolute atomic E-state index is 0.522. The first-order chi connectivity index (χ1) is 8.28. The molecule has 1 atom stereocenters. The molecule has 1 aliphatic rings. The zero-order valence-electron chi connectivity index (χ0n) is 9.85. The number of nitrogens with one attached hydrogen (secondary N) is 2. The SMILES string of the molecule is CN1CCC(CNc2cc(NC#N)ncn2)C1. The van der Waals surface area contributed by atoms with Gasteiger partial charge in [-0.25, -0.2) is 9.97 Å². The maximum absolute atomic E-state index is 8.49. The van der Waals surface area contributed by atoms with E-state index < -0.39 is 0 Å². The summed E-state index contributed by atoms with van der Waals surface area (Å²) in [6.07, 6.45) is 4.51. The molecule has 2 rings (SSSR count). The van der Waals surface area contributed by atoms with Gasteiger partial charge in [0, 0.05) is 19.2 Å². The van der Waals surface area contributed by atoms with Crippen molar-refractivity contribution in [3.8, 4) is 6.19 Å². The highest BCUT2D eigenvalue weighted by Gasteiger charge is 2.18. The van der Waals surface area contributed by atoms with E-state index in [0.29, 0.717) is 11.7 Å². The molecule has 0 spiro atoms. The highest BCUT2D eigenvalue weighted by Crippen LogP contribution is 2.15. The molecule has 0 aliphatic carbocycles. The molecule has 6 heteroatoms. The van der Waals surface area contributed by atoms with Gasteiger partial charge in [-0.15, -0.1) is 0 Å². The van der Waals surface area contributed by atoms with Crippen LogP contribution in [-0.4, -0.2) is 41.5 Å². The third-order valence-electron chi connectivity index (χ3n) is 2.91. The van der Waals surface area contributed by atoms with Crippen LogP contribution < -0.4 is 10.6 Å². The molecular formula is C11H16N6. The molecule has 90 valence electrons. The number of hydrogen-bond donors (Lipinski definition) is 2. The van der Waals surface area contributed by atoms with Crippen LogP contribution in [-0.2, 0) is 0 Å². The normalized spacial score (nSPS) is 19.9. The summed E-state index contributed by atoms with van der Waals surface area (Å²) < 4.78 is 0. The highest BCUT2D eigenvalue weighted by atomic mass is 15.1. The monoisotopic (exact) mass is 232 g/mol. The lowest BCUT2D eigenvalue weighted by atomic mass is 10.1. The summed E-state index contributed by atoms with van der Waals surface area (Å²) in [5.41, 5.74) is 0. The summed E-state index contributed by atoms with van der Waals surface area (Å²) >= 11 is 0. The molecule has 6 nitrogen and oxygen atoms in total. The summed E-state index contributed by atoms with van der Waals surface area (Å²) in [5.74, 6) is 1.95.